The smallest absolute Gasteiger partial charge is 0.310 e. The van der Waals surface area contributed by atoms with Crippen LogP contribution in [0.3, 0.4) is 0 Å². The van der Waals surface area contributed by atoms with Crippen molar-refractivity contribution in [3.63, 3.8) is 0 Å². The Labute approximate surface area is 175 Å². The Morgan fingerprint density at radius 3 is 2.50 bits per heavy atom. The maximum Gasteiger partial charge on any atom is 0.310 e. The first-order valence-corrected chi connectivity index (χ1v) is 11.0. The molecule has 0 saturated carbocycles. The van der Waals surface area contributed by atoms with Gasteiger partial charge in [0.05, 0.1) is 43.1 Å². The van der Waals surface area contributed by atoms with E-state index in [9.17, 15) is 13.2 Å². The number of benzene rings is 2. The predicted molar refractivity (Wildman–Crippen MR) is 113 cm³/mol. The molecular formula is C21H25N3O5S. The summed E-state index contributed by atoms with van der Waals surface area (Å²) in [5, 5.41) is 2.95. The summed E-state index contributed by atoms with van der Waals surface area (Å²) in [5.74, 6) is 0.636. The van der Waals surface area contributed by atoms with Crippen LogP contribution in [-0.4, -0.2) is 44.5 Å². The maximum atomic E-state index is 12.9. The van der Waals surface area contributed by atoms with Crippen molar-refractivity contribution in [2.75, 3.05) is 20.1 Å². The molecule has 1 aromatic heterocycles. The molecule has 160 valence electrons. The molecule has 0 amide bonds. The third-order valence-corrected chi connectivity index (χ3v) is 6.62. The number of aryl methyl sites for hydroxylation is 2. The van der Waals surface area contributed by atoms with Crippen LogP contribution in [0.4, 0.5) is 0 Å². The molecule has 2 N–H and O–H groups in total. The number of aromatic amines is 1. The van der Waals surface area contributed by atoms with E-state index in [0.29, 0.717) is 33.1 Å². The minimum Gasteiger partial charge on any atom is -0.497 e. The second-order valence-electron chi connectivity index (χ2n) is 7.03. The highest BCUT2D eigenvalue weighted by Gasteiger charge is 2.20. The fourth-order valence-electron chi connectivity index (χ4n) is 3.49. The molecule has 0 aliphatic rings. The van der Waals surface area contributed by atoms with Gasteiger partial charge in [-0.3, -0.25) is 10.1 Å². The SMILES string of the molecule is COC(=O)Cc1cccc2[nH]c(CNCS(=O)(=O)c3c(C)cc(OC)cc3C)nc12. The molecule has 3 rings (SSSR count). The van der Waals surface area contributed by atoms with Crippen molar-refractivity contribution in [1.29, 1.82) is 0 Å². The Hall–Kier alpha value is -2.91. The highest BCUT2D eigenvalue weighted by atomic mass is 32.2. The summed E-state index contributed by atoms with van der Waals surface area (Å²) in [6, 6.07) is 8.92. The van der Waals surface area contributed by atoms with Crippen LogP contribution in [0.15, 0.2) is 35.2 Å². The second-order valence-corrected chi connectivity index (χ2v) is 8.95. The molecular weight excluding hydrogens is 406 g/mol. The van der Waals surface area contributed by atoms with E-state index >= 15 is 0 Å². The summed E-state index contributed by atoms with van der Waals surface area (Å²) in [4.78, 5) is 19.6. The minimum atomic E-state index is -3.54. The van der Waals surface area contributed by atoms with Gasteiger partial charge in [-0.1, -0.05) is 12.1 Å². The van der Waals surface area contributed by atoms with E-state index in [1.807, 2.05) is 18.2 Å². The summed E-state index contributed by atoms with van der Waals surface area (Å²) < 4.78 is 35.6. The van der Waals surface area contributed by atoms with Crippen LogP contribution in [0, 0.1) is 13.8 Å². The molecule has 1 heterocycles. The lowest BCUT2D eigenvalue weighted by Gasteiger charge is -2.13. The Morgan fingerprint density at radius 1 is 1.17 bits per heavy atom. The molecule has 0 aliphatic heterocycles. The van der Waals surface area contributed by atoms with Gasteiger partial charge in [-0.05, 0) is 48.7 Å². The molecule has 9 heteroatoms. The molecule has 0 fully saturated rings. The number of para-hydroxylation sites is 1. The average molecular weight is 432 g/mol. The molecule has 0 aliphatic carbocycles. The number of imidazole rings is 1. The van der Waals surface area contributed by atoms with Gasteiger partial charge in [-0.25, -0.2) is 13.4 Å². The van der Waals surface area contributed by atoms with Crippen molar-refractivity contribution >= 4 is 26.8 Å². The van der Waals surface area contributed by atoms with E-state index in [1.54, 1.807) is 33.1 Å². The highest BCUT2D eigenvalue weighted by molar-refractivity contribution is 7.91. The zero-order chi connectivity index (χ0) is 21.9. The largest absolute Gasteiger partial charge is 0.497 e. The number of ether oxygens (including phenoxy) is 2. The van der Waals surface area contributed by atoms with Crippen LogP contribution < -0.4 is 10.1 Å². The van der Waals surface area contributed by atoms with Crippen LogP contribution in [0.25, 0.3) is 11.0 Å². The third-order valence-electron chi connectivity index (χ3n) is 4.77. The van der Waals surface area contributed by atoms with Gasteiger partial charge in [-0.2, -0.15) is 0 Å². The lowest BCUT2D eigenvalue weighted by atomic mass is 10.1. The van der Waals surface area contributed by atoms with Gasteiger partial charge in [-0.15, -0.1) is 0 Å². The maximum absolute atomic E-state index is 12.9. The summed E-state index contributed by atoms with van der Waals surface area (Å²) in [7, 11) is -0.652. The number of nitrogens with one attached hydrogen (secondary N) is 2. The quantitative estimate of drug-likeness (QED) is 0.527. The Kier molecular flexibility index (Phi) is 6.42. The number of aromatic nitrogens is 2. The van der Waals surface area contributed by atoms with Gasteiger partial charge < -0.3 is 14.5 Å². The van der Waals surface area contributed by atoms with Gasteiger partial charge in [0.15, 0.2) is 9.84 Å². The minimum absolute atomic E-state index is 0.121. The monoisotopic (exact) mass is 431 g/mol. The van der Waals surface area contributed by atoms with Gasteiger partial charge >= 0.3 is 5.97 Å². The zero-order valence-electron chi connectivity index (χ0n) is 17.4. The number of sulfone groups is 1. The second kappa shape index (κ2) is 8.85. The van der Waals surface area contributed by atoms with E-state index in [4.69, 9.17) is 9.47 Å². The molecule has 0 saturated heterocycles. The van der Waals surface area contributed by atoms with Crippen LogP contribution in [-0.2, 0) is 32.3 Å². The molecule has 0 bridgehead atoms. The van der Waals surface area contributed by atoms with E-state index in [1.165, 1.54) is 7.11 Å². The van der Waals surface area contributed by atoms with Crippen molar-refractivity contribution in [2.45, 2.75) is 31.7 Å². The standard InChI is InChI=1S/C21H25N3O5S/c1-13-8-16(28-3)9-14(2)21(13)30(26,27)12-22-11-18-23-17-7-5-6-15(20(17)24-18)10-19(25)29-4/h5-9,22H,10-12H2,1-4H3,(H,23,24). The number of nitrogens with zero attached hydrogens (tertiary/aromatic N) is 1. The Bertz CT molecular complexity index is 1160. The lowest BCUT2D eigenvalue weighted by Crippen LogP contribution is -2.24. The van der Waals surface area contributed by atoms with Crippen LogP contribution in [0.2, 0.25) is 0 Å². The summed E-state index contributed by atoms with van der Waals surface area (Å²) >= 11 is 0. The number of carbonyl (C=O) groups excluding carboxylic acids is 1. The van der Waals surface area contributed by atoms with Crippen LogP contribution >= 0.6 is 0 Å². The zero-order valence-corrected chi connectivity index (χ0v) is 18.2. The van der Waals surface area contributed by atoms with Crippen molar-refractivity contribution in [3.8, 4) is 5.75 Å². The van der Waals surface area contributed by atoms with Crippen molar-refractivity contribution < 1.29 is 22.7 Å². The number of esters is 1. The van der Waals surface area contributed by atoms with E-state index < -0.39 is 9.84 Å². The number of carbonyl (C=O) groups is 1. The van der Waals surface area contributed by atoms with Gasteiger partial charge in [0.25, 0.3) is 0 Å². The number of H-pyrrole nitrogens is 1. The fraction of sp³-hybridized carbons (Fsp3) is 0.333. The molecule has 8 nitrogen and oxygen atoms in total. The molecule has 0 atom stereocenters. The van der Waals surface area contributed by atoms with Gasteiger partial charge in [0.1, 0.15) is 17.5 Å². The normalized spacial score (nSPS) is 11.6. The molecule has 0 radical (unpaired) electrons. The number of fused-ring (bicyclic) bond motifs is 1. The Balaban J connectivity index is 1.74. The Morgan fingerprint density at radius 2 is 1.87 bits per heavy atom. The first-order valence-electron chi connectivity index (χ1n) is 9.37. The molecule has 2 aromatic carbocycles. The molecule has 0 spiro atoms. The van der Waals surface area contributed by atoms with Crippen molar-refractivity contribution in [3.05, 3.63) is 52.8 Å². The first kappa shape index (κ1) is 21.8. The topological polar surface area (TPSA) is 110 Å². The number of rotatable bonds is 8. The lowest BCUT2D eigenvalue weighted by molar-refractivity contribution is -0.139. The molecule has 0 unspecified atom stereocenters. The summed E-state index contributed by atoms with van der Waals surface area (Å²) in [6.45, 7) is 3.74. The fourth-order valence-corrected chi connectivity index (χ4v) is 5.11. The van der Waals surface area contributed by atoms with E-state index in [0.717, 1.165) is 11.1 Å². The van der Waals surface area contributed by atoms with Crippen molar-refractivity contribution in [2.24, 2.45) is 0 Å². The van der Waals surface area contributed by atoms with E-state index in [2.05, 4.69) is 15.3 Å². The van der Waals surface area contributed by atoms with Crippen LogP contribution in [0.5, 0.6) is 5.75 Å². The predicted octanol–water partition coefficient (Wildman–Crippen LogP) is 2.42. The van der Waals surface area contributed by atoms with Crippen molar-refractivity contribution in [1.82, 2.24) is 15.3 Å². The first-order chi connectivity index (χ1) is 14.2. The molecule has 3 aromatic rings. The number of hydrogen-bond donors (Lipinski definition) is 2. The van der Waals surface area contributed by atoms with Gasteiger partial charge in [0.2, 0.25) is 0 Å². The molecule has 30 heavy (non-hydrogen) atoms. The average Bonchev–Trinajstić information content (AvgIpc) is 3.10. The summed E-state index contributed by atoms with van der Waals surface area (Å²) in [6.07, 6.45) is 0.121. The van der Waals surface area contributed by atoms with Gasteiger partial charge in [0, 0.05) is 0 Å². The summed E-state index contributed by atoms with van der Waals surface area (Å²) in [5.41, 5.74) is 3.48. The van der Waals surface area contributed by atoms with E-state index in [-0.39, 0.29) is 24.8 Å². The number of hydrogen-bond acceptors (Lipinski definition) is 7. The highest BCUT2D eigenvalue weighted by Crippen LogP contribution is 2.26. The third kappa shape index (κ3) is 4.63. The van der Waals surface area contributed by atoms with Crippen LogP contribution in [0.1, 0.15) is 22.5 Å². The number of methoxy groups -OCH3 is 2.